The van der Waals surface area contributed by atoms with Gasteiger partial charge in [-0.2, -0.15) is 0 Å². The van der Waals surface area contributed by atoms with Crippen molar-refractivity contribution in [3.05, 3.63) is 41.5 Å². The van der Waals surface area contributed by atoms with Crippen molar-refractivity contribution in [2.45, 2.75) is 20.3 Å². The standard InChI is InChI=1S/C20H22N2O2/c1-10-3-4-11(2)16(7-10)21-9-22-19(23)17-12-5-6-13(15-8-14(12)15)18(17)20(22)24/h3-7,12-15,17-18,21H,8-9H2,1-2H3/t12-,13-,14-,15-,17-,18+/m1/s1. The first kappa shape index (κ1) is 14.3. The molecule has 2 amide bonds. The van der Waals surface area contributed by atoms with Crippen LogP contribution in [-0.2, 0) is 9.59 Å². The van der Waals surface area contributed by atoms with Gasteiger partial charge >= 0.3 is 0 Å². The van der Waals surface area contributed by atoms with Crippen LogP contribution in [0.2, 0.25) is 0 Å². The number of rotatable bonds is 3. The van der Waals surface area contributed by atoms with Crippen LogP contribution in [0.1, 0.15) is 17.5 Å². The minimum absolute atomic E-state index is 0.0347. The molecule has 6 rings (SSSR count). The Hall–Kier alpha value is -2.10. The predicted molar refractivity (Wildman–Crippen MR) is 91.0 cm³/mol. The molecule has 24 heavy (non-hydrogen) atoms. The number of benzene rings is 1. The average molecular weight is 322 g/mol. The van der Waals surface area contributed by atoms with E-state index in [4.69, 9.17) is 0 Å². The molecule has 4 nitrogen and oxygen atoms in total. The molecule has 0 unspecified atom stereocenters. The second-order valence-corrected chi connectivity index (χ2v) is 7.91. The number of amides is 2. The first-order valence-corrected chi connectivity index (χ1v) is 8.91. The quantitative estimate of drug-likeness (QED) is 0.688. The summed E-state index contributed by atoms with van der Waals surface area (Å²) in [6.45, 7) is 4.36. The van der Waals surface area contributed by atoms with Crippen LogP contribution in [-0.4, -0.2) is 23.4 Å². The maximum atomic E-state index is 12.9. The van der Waals surface area contributed by atoms with Gasteiger partial charge in [0.2, 0.25) is 11.8 Å². The number of allylic oxidation sites excluding steroid dienone is 2. The second kappa shape index (κ2) is 4.71. The number of nitrogens with zero attached hydrogens (tertiary/aromatic N) is 1. The fourth-order valence-electron chi connectivity index (χ4n) is 5.27. The highest BCUT2D eigenvalue weighted by molar-refractivity contribution is 6.06. The summed E-state index contributed by atoms with van der Waals surface area (Å²) in [4.78, 5) is 27.3. The Bertz CT molecular complexity index is 748. The van der Waals surface area contributed by atoms with Crippen molar-refractivity contribution in [1.82, 2.24) is 4.90 Å². The Morgan fingerprint density at radius 3 is 2.29 bits per heavy atom. The highest BCUT2D eigenvalue weighted by atomic mass is 16.2. The van der Waals surface area contributed by atoms with E-state index in [1.807, 2.05) is 13.8 Å². The Morgan fingerprint density at radius 1 is 1.04 bits per heavy atom. The van der Waals surface area contributed by atoms with Crippen molar-refractivity contribution >= 4 is 17.5 Å². The van der Waals surface area contributed by atoms with Gasteiger partial charge in [-0.3, -0.25) is 14.5 Å². The van der Waals surface area contributed by atoms with Crippen LogP contribution < -0.4 is 5.32 Å². The second-order valence-electron chi connectivity index (χ2n) is 7.91. The van der Waals surface area contributed by atoms with Gasteiger partial charge in [0.15, 0.2) is 0 Å². The highest BCUT2D eigenvalue weighted by Gasteiger charge is 2.66. The summed E-state index contributed by atoms with van der Waals surface area (Å²) in [6.07, 6.45) is 5.64. The molecular formula is C20H22N2O2. The Kier molecular flexibility index (Phi) is 2.80. The normalized spacial score (nSPS) is 38.3. The fraction of sp³-hybridized carbons (Fsp3) is 0.500. The molecular weight excluding hydrogens is 300 g/mol. The molecule has 1 aromatic rings. The maximum absolute atomic E-state index is 12.9. The van der Waals surface area contributed by atoms with Crippen molar-refractivity contribution in [3.8, 4) is 0 Å². The Labute approximate surface area is 141 Å². The van der Waals surface area contributed by atoms with E-state index in [1.165, 1.54) is 11.3 Å². The Morgan fingerprint density at radius 2 is 1.67 bits per heavy atom. The van der Waals surface area contributed by atoms with E-state index in [9.17, 15) is 9.59 Å². The predicted octanol–water partition coefficient (Wildman–Crippen LogP) is 2.73. The van der Waals surface area contributed by atoms with Crippen LogP contribution >= 0.6 is 0 Å². The zero-order valence-electron chi connectivity index (χ0n) is 14.0. The van der Waals surface area contributed by atoms with Gasteiger partial charge in [0.05, 0.1) is 18.5 Å². The summed E-state index contributed by atoms with van der Waals surface area (Å²) in [7, 11) is 0. The molecule has 1 saturated heterocycles. The molecule has 0 aromatic heterocycles. The lowest BCUT2D eigenvalue weighted by atomic mass is 9.63. The molecule has 5 aliphatic rings. The number of nitrogens with one attached hydrogen (secondary N) is 1. The van der Waals surface area contributed by atoms with Gasteiger partial charge in [-0.05, 0) is 61.1 Å². The van der Waals surface area contributed by atoms with Crippen LogP contribution in [0.25, 0.3) is 0 Å². The smallest absolute Gasteiger partial charge is 0.235 e. The summed E-state index contributed by atoms with van der Waals surface area (Å²) in [5, 5.41) is 3.30. The van der Waals surface area contributed by atoms with Gasteiger partial charge in [0, 0.05) is 5.69 Å². The van der Waals surface area contributed by atoms with E-state index in [0.717, 1.165) is 16.8 Å². The molecule has 1 heterocycles. The van der Waals surface area contributed by atoms with Crippen LogP contribution in [0.4, 0.5) is 5.69 Å². The monoisotopic (exact) mass is 322 g/mol. The summed E-state index contributed by atoms with van der Waals surface area (Å²) in [5.41, 5.74) is 3.28. The molecule has 4 aliphatic carbocycles. The van der Waals surface area contributed by atoms with E-state index >= 15 is 0 Å². The zero-order valence-corrected chi connectivity index (χ0v) is 14.0. The molecule has 4 heteroatoms. The third kappa shape index (κ3) is 1.80. The minimum atomic E-state index is -0.100. The molecule has 3 fully saturated rings. The number of anilines is 1. The molecule has 1 aromatic carbocycles. The van der Waals surface area contributed by atoms with Crippen molar-refractivity contribution in [3.63, 3.8) is 0 Å². The largest absolute Gasteiger partial charge is 0.367 e. The lowest BCUT2D eigenvalue weighted by molar-refractivity contribution is -0.139. The maximum Gasteiger partial charge on any atom is 0.235 e. The summed E-state index contributed by atoms with van der Waals surface area (Å²) in [6, 6.07) is 6.19. The van der Waals surface area contributed by atoms with Crippen molar-refractivity contribution in [2.24, 2.45) is 35.5 Å². The lowest BCUT2D eigenvalue weighted by Crippen LogP contribution is -2.40. The van der Waals surface area contributed by atoms with Gasteiger partial charge in [0.1, 0.15) is 0 Å². The fourth-order valence-corrected chi connectivity index (χ4v) is 5.27. The zero-order chi connectivity index (χ0) is 16.6. The topological polar surface area (TPSA) is 49.4 Å². The van der Waals surface area contributed by atoms with E-state index in [0.29, 0.717) is 23.7 Å². The lowest BCUT2D eigenvalue weighted by Gasteiger charge is -2.37. The van der Waals surface area contributed by atoms with E-state index < -0.39 is 0 Å². The number of carbonyl (C=O) groups excluding carboxylic acids is 2. The van der Waals surface area contributed by atoms with Crippen LogP contribution in [0.5, 0.6) is 0 Å². The summed E-state index contributed by atoms with van der Waals surface area (Å²) in [5.74, 6) is 1.78. The third-order valence-electron chi connectivity index (χ3n) is 6.57. The van der Waals surface area contributed by atoms with Gasteiger partial charge in [-0.1, -0.05) is 24.3 Å². The molecule has 2 saturated carbocycles. The van der Waals surface area contributed by atoms with Crippen LogP contribution in [0.15, 0.2) is 30.4 Å². The van der Waals surface area contributed by atoms with Crippen molar-refractivity contribution in [2.75, 3.05) is 12.0 Å². The van der Waals surface area contributed by atoms with E-state index in [1.54, 1.807) is 0 Å². The third-order valence-corrected chi connectivity index (χ3v) is 6.57. The molecule has 0 radical (unpaired) electrons. The summed E-state index contributed by atoms with van der Waals surface area (Å²) < 4.78 is 0. The van der Waals surface area contributed by atoms with Gasteiger partial charge < -0.3 is 5.32 Å². The molecule has 0 spiro atoms. The van der Waals surface area contributed by atoms with Gasteiger partial charge in [-0.15, -0.1) is 0 Å². The number of imide groups is 1. The summed E-state index contributed by atoms with van der Waals surface area (Å²) >= 11 is 0. The molecule has 124 valence electrons. The van der Waals surface area contributed by atoms with Gasteiger partial charge in [-0.25, -0.2) is 0 Å². The SMILES string of the molecule is Cc1ccc(C)c(NCN2C(=O)[C@@H]3[C@@H]4C=C[C@H]([C@H]5C[C@H]45)[C@@H]3C2=O)c1. The molecule has 2 bridgehead atoms. The number of hydrogen-bond acceptors (Lipinski definition) is 3. The minimum Gasteiger partial charge on any atom is -0.367 e. The molecule has 6 atom stereocenters. The first-order valence-electron chi connectivity index (χ1n) is 8.91. The molecule has 1 N–H and O–H groups in total. The number of hydrogen-bond donors (Lipinski definition) is 1. The number of likely N-dealkylation sites (tertiary alicyclic amines) is 1. The van der Waals surface area contributed by atoms with Crippen molar-refractivity contribution in [1.29, 1.82) is 0 Å². The van der Waals surface area contributed by atoms with Gasteiger partial charge in [0.25, 0.3) is 0 Å². The average Bonchev–Trinajstić information content (AvgIpc) is 3.35. The highest BCUT2D eigenvalue weighted by Crippen LogP contribution is 2.65. The Balaban J connectivity index is 1.38. The van der Waals surface area contributed by atoms with E-state index in [-0.39, 0.29) is 30.3 Å². The molecule has 1 aliphatic heterocycles. The first-order chi connectivity index (χ1) is 11.6. The van der Waals surface area contributed by atoms with Crippen LogP contribution in [0, 0.1) is 49.4 Å². The van der Waals surface area contributed by atoms with E-state index in [2.05, 4.69) is 35.7 Å². The van der Waals surface area contributed by atoms with Crippen LogP contribution in [0.3, 0.4) is 0 Å². The number of aryl methyl sites for hydroxylation is 2. The number of carbonyl (C=O) groups is 2. The van der Waals surface area contributed by atoms with Crippen molar-refractivity contribution < 1.29 is 9.59 Å².